The van der Waals surface area contributed by atoms with Gasteiger partial charge < -0.3 is 21.1 Å². The first-order valence-electron chi connectivity index (χ1n) is 13.5. The Morgan fingerprint density at radius 2 is 1.83 bits per heavy atom. The van der Waals surface area contributed by atoms with Crippen LogP contribution in [0, 0.1) is 17.2 Å². The SMILES string of the molecule is CC(C)(C)C[C@@H]1CN(C(=O)O)[C@H](c2cccc(Cl)c2F)[C@]12C(=O)Nc1cc(Cl)cc(NC(=O)NCc3ccccc3)c12. The first kappa shape index (κ1) is 29.7. The van der Waals surface area contributed by atoms with Crippen molar-refractivity contribution in [2.75, 3.05) is 17.2 Å². The van der Waals surface area contributed by atoms with Gasteiger partial charge >= 0.3 is 12.1 Å². The van der Waals surface area contributed by atoms with E-state index in [4.69, 9.17) is 23.2 Å². The normalized spacial score (nSPS) is 21.3. The fraction of sp³-hybridized carbons (Fsp3) is 0.323. The minimum atomic E-state index is -1.61. The van der Waals surface area contributed by atoms with Crippen LogP contribution in [0.4, 0.5) is 25.4 Å². The largest absolute Gasteiger partial charge is 0.465 e. The molecule has 5 rings (SSSR count). The van der Waals surface area contributed by atoms with Crippen LogP contribution in [0.1, 0.15) is 49.9 Å². The van der Waals surface area contributed by atoms with Crippen molar-refractivity contribution in [3.05, 3.63) is 93.2 Å². The molecule has 220 valence electrons. The van der Waals surface area contributed by atoms with Crippen LogP contribution in [0.15, 0.2) is 60.7 Å². The number of anilines is 2. The number of nitrogens with zero attached hydrogens (tertiary/aromatic N) is 1. The molecule has 0 bridgehead atoms. The van der Waals surface area contributed by atoms with Gasteiger partial charge in [0.2, 0.25) is 5.91 Å². The van der Waals surface area contributed by atoms with E-state index in [1.807, 2.05) is 51.1 Å². The second-order valence-corrected chi connectivity index (χ2v) is 12.8. The third-order valence-corrected chi connectivity index (χ3v) is 8.38. The Morgan fingerprint density at radius 1 is 1.12 bits per heavy atom. The van der Waals surface area contributed by atoms with Crippen molar-refractivity contribution in [2.45, 2.75) is 45.2 Å². The van der Waals surface area contributed by atoms with Gasteiger partial charge in [-0.15, -0.1) is 0 Å². The average Bonchev–Trinajstić information content (AvgIpc) is 3.39. The Bertz CT molecular complexity index is 1560. The van der Waals surface area contributed by atoms with Crippen molar-refractivity contribution in [1.82, 2.24) is 10.2 Å². The van der Waals surface area contributed by atoms with Crippen LogP contribution in [-0.2, 0) is 16.8 Å². The molecule has 0 aromatic heterocycles. The molecule has 0 saturated carbocycles. The van der Waals surface area contributed by atoms with Crippen LogP contribution in [0.5, 0.6) is 0 Å². The number of hydrogen-bond acceptors (Lipinski definition) is 3. The molecule has 4 amide bonds. The lowest BCUT2D eigenvalue weighted by Crippen LogP contribution is -2.46. The molecule has 1 saturated heterocycles. The van der Waals surface area contributed by atoms with Gasteiger partial charge in [0.25, 0.3) is 0 Å². The Morgan fingerprint density at radius 3 is 2.50 bits per heavy atom. The van der Waals surface area contributed by atoms with E-state index in [0.717, 1.165) is 10.5 Å². The molecule has 42 heavy (non-hydrogen) atoms. The summed E-state index contributed by atoms with van der Waals surface area (Å²) in [6.07, 6.45) is -0.884. The number of hydrogen-bond donors (Lipinski definition) is 4. The molecule has 8 nitrogen and oxygen atoms in total. The fourth-order valence-electron chi connectivity index (χ4n) is 6.44. The molecule has 3 aromatic carbocycles. The number of carbonyl (C=O) groups is 3. The lowest BCUT2D eigenvalue weighted by atomic mass is 9.63. The second-order valence-electron chi connectivity index (χ2n) is 11.9. The third-order valence-electron chi connectivity index (χ3n) is 7.87. The van der Waals surface area contributed by atoms with Gasteiger partial charge in [-0.2, -0.15) is 0 Å². The van der Waals surface area contributed by atoms with E-state index in [-0.39, 0.29) is 39.8 Å². The first-order valence-corrected chi connectivity index (χ1v) is 14.3. The summed E-state index contributed by atoms with van der Waals surface area (Å²) in [6.45, 7) is 6.17. The lowest BCUT2D eigenvalue weighted by molar-refractivity contribution is -0.123. The second kappa shape index (κ2) is 11.1. The highest BCUT2D eigenvalue weighted by Crippen LogP contribution is 2.62. The number of likely N-dealkylation sites (tertiary alicyclic amines) is 1. The van der Waals surface area contributed by atoms with Gasteiger partial charge in [-0.1, -0.05) is 86.4 Å². The smallest absolute Gasteiger partial charge is 0.407 e. The van der Waals surface area contributed by atoms with E-state index in [0.29, 0.717) is 17.7 Å². The molecule has 0 radical (unpaired) electrons. The third kappa shape index (κ3) is 5.27. The van der Waals surface area contributed by atoms with Gasteiger partial charge in [-0.3, -0.25) is 9.69 Å². The van der Waals surface area contributed by atoms with Crippen LogP contribution in [0.25, 0.3) is 0 Å². The van der Waals surface area contributed by atoms with Crippen LogP contribution >= 0.6 is 23.2 Å². The molecular weight excluding hydrogens is 582 g/mol. The molecular formula is C31H31Cl2FN4O4. The van der Waals surface area contributed by atoms with Crippen LogP contribution in [0.3, 0.4) is 0 Å². The summed E-state index contributed by atoms with van der Waals surface area (Å²) in [7, 11) is 0. The highest BCUT2D eigenvalue weighted by molar-refractivity contribution is 6.32. The van der Waals surface area contributed by atoms with Gasteiger partial charge in [-0.05, 0) is 41.5 Å². The predicted molar refractivity (Wildman–Crippen MR) is 161 cm³/mol. The topological polar surface area (TPSA) is 111 Å². The van der Waals surface area contributed by atoms with Gasteiger partial charge in [0.15, 0.2) is 0 Å². The van der Waals surface area contributed by atoms with E-state index in [1.165, 1.54) is 24.3 Å². The number of urea groups is 1. The standard InChI is InChI=1S/C31H31Cl2FN4O4/c1-30(2,3)14-18-16-38(29(41)42)26(20-10-7-11-21(33)25(20)34)31(18)24-22(36-27(31)39)12-19(32)13-23(24)37-28(40)35-15-17-8-5-4-6-9-17/h4-13,18,26H,14-16H2,1-3H3,(H,36,39)(H,41,42)(H2,35,37,40)/t18-,26-,31+/m1/s1. The predicted octanol–water partition coefficient (Wildman–Crippen LogP) is 7.43. The van der Waals surface area contributed by atoms with Crippen LogP contribution < -0.4 is 16.0 Å². The number of fused-ring (bicyclic) bond motifs is 2. The summed E-state index contributed by atoms with van der Waals surface area (Å²) in [6, 6.07) is 14.9. The van der Waals surface area contributed by atoms with E-state index in [2.05, 4.69) is 16.0 Å². The minimum absolute atomic E-state index is 0.0289. The number of nitrogens with one attached hydrogen (secondary N) is 3. The highest BCUT2D eigenvalue weighted by Gasteiger charge is 2.66. The Kier molecular flexibility index (Phi) is 7.85. The van der Waals surface area contributed by atoms with Crippen molar-refractivity contribution >= 4 is 52.6 Å². The maximum atomic E-state index is 15.7. The zero-order valence-electron chi connectivity index (χ0n) is 23.3. The van der Waals surface area contributed by atoms with E-state index in [9.17, 15) is 19.5 Å². The molecule has 3 aromatic rings. The zero-order valence-corrected chi connectivity index (χ0v) is 24.8. The maximum absolute atomic E-state index is 15.7. The summed E-state index contributed by atoms with van der Waals surface area (Å²) >= 11 is 12.6. The molecule has 2 aliphatic rings. The molecule has 3 atom stereocenters. The molecule has 0 unspecified atom stereocenters. The molecule has 11 heteroatoms. The summed E-state index contributed by atoms with van der Waals surface area (Å²) in [5, 5.41) is 18.9. The zero-order chi connectivity index (χ0) is 30.4. The highest BCUT2D eigenvalue weighted by atomic mass is 35.5. The number of benzene rings is 3. The number of halogens is 3. The van der Waals surface area contributed by atoms with Crippen molar-refractivity contribution in [3.8, 4) is 0 Å². The van der Waals surface area contributed by atoms with Crippen molar-refractivity contribution < 1.29 is 23.9 Å². The lowest BCUT2D eigenvalue weighted by Gasteiger charge is -2.38. The summed E-state index contributed by atoms with van der Waals surface area (Å²) < 4.78 is 15.7. The molecule has 0 aliphatic carbocycles. The monoisotopic (exact) mass is 612 g/mol. The number of carboxylic acid groups (broad SMARTS) is 1. The number of rotatable bonds is 5. The van der Waals surface area contributed by atoms with Gasteiger partial charge in [0.1, 0.15) is 11.2 Å². The average molecular weight is 614 g/mol. The van der Waals surface area contributed by atoms with Gasteiger partial charge in [0, 0.05) is 34.9 Å². The quantitative estimate of drug-likeness (QED) is 0.240. The van der Waals surface area contributed by atoms with Crippen molar-refractivity contribution in [1.29, 1.82) is 0 Å². The van der Waals surface area contributed by atoms with Crippen molar-refractivity contribution in [2.24, 2.45) is 11.3 Å². The molecule has 1 fully saturated rings. The van der Waals surface area contributed by atoms with E-state index < -0.39 is 41.2 Å². The van der Waals surface area contributed by atoms with E-state index in [1.54, 1.807) is 6.07 Å². The van der Waals surface area contributed by atoms with Gasteiger partial charge in [0.05, 0.1) is 16.8 Å². The maximum Gasteiger partial charge on any atom is 0.407 e. The van der Waals surface area contributed by atoms with Gasteiger partial charge in [-0.25, -0.2) is 14.0 Å². The summed E-state index contributed by atoms with van der Waals surface area (Å²) in [4.78, 5) is 41.3. The molecule has 2 aliphatic heterocycles. The molecule has 1 spiro atoms. The summed E-state index contributed by atoms with van der Waals surface area (Å²) in [5.74, 6) is -1.90. The number of carbonyl (C=O) groups excluding carboxylic acids is 2. The number of amides is 4. The van der Waals surface area contributed by atoms with E-state index >= 15 is 4.39 Å². The fourth-order valence-corrected chi connectivity index (χ4v) is 6.84. The molecule has 4 N–H and O–H groups in total. The Hall–Kier alpha value is -3.82. The Balaban J connectivity index is 1.69. The summed E-state index contributed by atoms with van der Waals surface area (Å²) in [5.41, 5.74) is -0.192. The molecule has 2 heterocycles. The van der Waals surface area contributed by atoms with Crippen LogP contribution in [-0.4, -0.2) is 34.6 Å². The van der Waals surface area contributed by atoms with Crippen molar-refractivity contribution in [3.63, 3.8) is 0 Å². The minimum Gasteiger partial charge on any atom is -0.465 e. The van der Waals surface area contributed by atoms with Crippen LogP contribution in [0.2, 0.25) is 10.0 Å². The Labute approximate surface area is 253 Å². The first-order chi connectivity index (χ1) is 19.8.